The number of piperidine rings is 1. The summed E-state index contributed by atoms with van der Waals surface area (Å²) in [5.74, 6) is 0.0818. The lowest BCUT2D eigenvalue weighted by molar-refractivity contribution is -0.119. The number of carbonyl (C=O) groups is 1. The molecule has 0 unspecified atom stereocenters. The quantitative estimate of drug-likeness (QED) is 0.406. The van der Waals surface area contributed by atoms with Crippen molar-refractivity contribution in [2.75, 3.05) is 16.2 Å². The normalized spacial score (nSPS) is 14.6. The first-order chi connectivity index (χ1) is 15.9. The van der Waals surface area contributed by atoms with Crippen LogP contribution in [0.15, 0.2) is 71.6 Å². The Bertz CT molecular complexity index is 1430. The van der Waals surface area contributed by atoms with E-state index in [1.165, 1.54) is 17.7 Å². The number of benzene rings is 3. The Morgan fingerprint density at radius 3 is 2.45 bits per heavy atom. The molecular formula is C25H23N3O3S2. The first kappa shape index (κ1) is 21.6. The van der Waals surface area contributed by atoms with Crippen LogP contribution in [-0.2, 0) is 14.8 Å². The SMILES string of the molecule is Cc1ccc2nc(-c3ccc(NS(=O)(=O)c4ccc(N5CCCCC5=O)cc4)cc3)sc2c1. The summed E-state index contributed by atoms with van der Waals surface area (Å²) < 4.78 is 29.5. The topological polar surface area (TPSA) is 79.4 Å². The van der Waals surface area contributed by atoms with Crippen molar-refractivity contribution in [2.24, 2.45) is 0 Å². The van der Waals surface area contributed by atoms with E-state index < -0.39 is 10.0 Å². The van der Waals surface area contributed by atoms with Crippen LogP contribution in [-0.4, -0.2) is 25.9 Å². The first-order valence-corrected chi connectivity index (χ1v) is 13.1. The molecule has 1 N–H and O–H groups in total. The number of aromatic nitrogens is 1. The fraction of sp³-hybridized carbons (Fsp3) is 0.200. The molecule has 4 aromatic rings. The van der Waals surface area contributed by atoms with Gasteiger partial charge in [0.1, 0.15) is 5.01 Å². The minimum atomic E-state index is -3.74. The zero-order valence-electron chi connectivity index (χ0n) is 18.1. The van der Waals surface area contributed by atoms with Crippen molar-refractivity contribution in [2.45, 2.75) is 31.1 Å². The van der Waals surface area contributed by atoms with Crippen LogP contribution in [0.4, 0.5) is 11.4 Å². The summed E-state index contributed by atoms with van der Waals surface area (Å²) in [6.45, 7) is 2.73. The second-order valence-electron chi connectivity index (χ2n) is 8.17. The predicted molar refractivity (Wildman–Crippen MR) is 133 cm³/mol. The molecule has 0 bridgehead atoms. The number of anilines is 2. The molecule has 1 fully saturated rings. The molecule has 0 spiro atoms. The van der Waals surface area contributed by atoms with Gasteiger partial charge in [0.25, 0.3) is 10.0 Å². The Morgan fingerprint density at radius 2 is 1.73 bits per heavy atom. The number of sulfonamides is 1. The van der Waals surface area contributed by atoms with Crippen LogP contribution in [0.25, 0.3) is 20.8 Å². The molecule has 0 atom stereocenters. The van der Waals surface area contributed by atoms with E-state index >= 15 is 0 Å². The van der Waals surface area contributed by atoms with Crippen LogP contribution in [0.3, 0.4) is 0 Å². The van der Waals surface area contributed by atoms with Crippen molar-refractivity contribution >= 4 is 48.9 Å². The number of thiazole rings is 1. The van der Waals surface area contributed by atoms with Crippen molar-refractivity contribution in [3.05, 3.63) is 72.3 Å². The summed E-state index contributed by atoms with van der Waals surface area (Å²) in [7, 11) is -3.74. The van der Waals surface area contributed by atoms with Gasteiger partial charge in [-0.2, -0.15) is 0 Å². The molecule has 5 rings (SSSR count). The van der Waals surface area contributed by atoms with Gasteiger partial charge in [-0.05, 0) is 86.0 Å². The molecule has 0 saturated carbocycles. The summed E-state index contributed by atoms with van der Waals surface area (Å²) in [5.41, 5.74) is 4.30. The maximum absolute atomic E-state index is 12.9. The van der Waals surface area contributed by atoms with Gasteiger partial charge in [-0.15, -0.1) is 11.3 Å². The lowest BCUT2D eigenvalue weighted by Gasteiger charge is -2.26. The van der Waals surface area contributed by atoms with Gasteiger partial charge in [0.2, 0.25) is 5.91 Å². The van der Waals surface area contributed by atoms with Crippen molar-refractivity contribution in [1.82, 2.24) is 4.98 Å². The molecular weight excluding hydrogens is 454 g/mol. The number of nitrogens with one attached hydrogen (secondary N) is 1. The molecule has 1 aliphatic heterocycles. The van der Waals surface area contributed by atoms with E-state index in [9.17, 15) is 13.2 Å². The Hall–Kier alpha value is -3.23. The monoisotopic (exact) mass is 477 g/mol. The molecule has 33 heavy (non-hydrogen) atoms. The van der Waals surface area contributed by atoms with Crippen LogP contribution in [0, 0.1) is 6.92 Å². The van der Waals surface area contributed by atoms with Gasteiger partial charge in [0.05, 0.1) is 15.1 Å². The maximum atomic E-state index is 12.9. The van der Waals surface area contributed by atoms with E-state index in [0.29, 0.717) is 18.7 Å². The van der Waals surface area contributed by atoms with Crippen molar-refractivity contribution in [1.29, 1.82) is 0 Å². The summed E-state index contributed by atoms with van der Waals surface area (Å²) in [4.78, 5) is 18.7. The summed E-state index contributed by atoms with van der Waals surface area (Å²) in [6, 6.07) is 19.8. The van der Waals surface area contributed by atoms with Gasteiger partial charge in [-0.3, -0.25) is 9.52 Å². The van der Waals surface area contributed by atoms with Gasteiger partial charge in [0, 0.05) is 29.9 Å². The number of hydrogen-bond acceptors (Lipinski definition) is 5. The third-order valence-electron chi connectivity index (χ3n) is 5.71. The first-order valence-electron chi connectivity index (χ1n) is 10.8. The standard InChI is InChI=1S/C25H23N3O3S2/c1-17-5-14-22-23(16-17)32-25(26-22)18-6-8-19(9-7-18)27-33(30,31)21-12-10-20(11-13-21)28-15-3-2-4-24(28)29/h5-14,16,27H,2-4,15H2,1H3. The molecule has 6 nitrogen and oxygen atoms in total. The lowest BCUT2D eigenvalue weighted by Crippen LogP contribution is -2.35. The second kappa shape index (κ2) is 8.61. The number of rotatable bonds is 5. The minimum absolute atomic E-state index is 0.0818. The van der Waals surface area contributed by atoms with Crippen LogP contribution in [0.5, 0.6) is 0 Å². The van der Waals surface area contributed by atoms with Crippen LogP contribution >= 0.6 is 11.3 Å². The Kier molecular flexibility index (Phi) is 5.64. The van der Waals surface area contributed by atoms with E-state index in [1.807, 2.05) is 24.3 Å². The maximum Gasteiger partial charge on any atom is 0.261 e. The molecule has 1 aliphatic rings. The number of aryl methyl sites for hydroxylation is 1. The largest absolute Gasteiger partial charge is 0.312 e. The lowest BCUT2D eigenvalue weighted by atomic mass is 10.1. The van der Waals surface area contributed by atoms with Crippen LogP contribution in [0.2, 0.25) is 0 Å². The molecule has 0 radical (unpaired) electrons. The number of fused-ring (bicyclic) bond motifs is 1. The van der Waals surface area contributed by atoms with E-state index in [-0.39, 0.29) is 10.8 Å². The fourth-order valence-corrected chi connectivity index (χ4v) is 6.06. The van der Waals surface area contributed by atoms with Crippen molar-refractivity contribution < 1.29 is 13.2 Å². The van der Waals surface area contributed by atoms with Gasteiger partial charge >= 0.3 is 0 Å². The highest BCUT2D eigenvalue weighted by Crippen LogP contribution is 2.31. The average molecular weight is 478 g/mol. The molecule has 2 heterocycles. The van der Waals surface area contributed by atoms with E-state index in [0.717, 1.165) is 39.3 Å². The Balaban J connectivity index is 1.32. The van der Waals surface area contributed by atoms with Gasteiger partial charge in [-0.25, -0.2) is 13.4 Å². The Labute approximate surface area is 197 Å². The molecule has 1 aromatic heterocycles. The number of hydrogen-bond donors (Lipinski definition) is 1. The highest BCUT2D eigenvalue weighted by Gasteiger charge is 2.21. The predicted octanol–water partition coefficient (Wildman–Crippen LogP) is 5.59. The van der Waals surface area contributed by atoms with E-state index in [4.69, 9.17) is 0 Å². The van der Waals surface area contributed by atoms with Gasteiger partial charge in [0.15, 0.2) is 0 Å². The third-order valence-corrected chi connectivity index (χ3v) is 8.17. The highest BCUT2D eigenvalue weighted by atomic mass is 32.2. The Morgan fingerprint density at radius 1 is 0.970 bits per heavy atom. The van der Waals surface area contributed by atoms with E-state index in [2.05, 4.69) is 22.7 Å². The second-order valence-corrected chi connectivity index (χ2v) is 10.9. The van der Waals surface area contributed by atoms with Crippen molar-refractivity contribution in [3.8, 4) is 10.6 Å². The third kappa shape index (κ3) is 4.49. The molecule has 0 aliphatic carbocycles. The molecule has 1 amide bonds. The summed E-state index contributed by atoms with van der Waals surface area (Å²) in [6.07, 6.45) is 2.40. The minimum Gasteiger partial charge on any atom is -0.312 e. The average Bonchev–Trinajstić information content (AvgIpc) is 3.23. The van der Waals surface area contributed by atoms with Crippen LogP contribution in [0.1, 0.15) is 24.8 Å². The zero-order valence-corrected chi connectivity index (χ0v) is 19.7. The summed E-state index contributed by atoms with van der Waals surface area (Å²) in [5, 5.41) is 0.896. The van der Waals surface area contributed by atoms with Gasteiger partial charge in [-0.1, -0.05) is 6.07 Å². The zero-order chi connectivity index (χ0) is 23.0. The highest BCUT2D eigenvalue weighted by molar-refractivity contribution is 7.92. The molecule has 8 heteroatoms. The van der Waals surface area contributed by atoms with E-state index in [1.54, 1.807) is 40.5 Å². The fourth-order valence-electron chi connectivity index (χ4n) is 3.93. The number of nitrogens with zero attached hydrogens (tertiary/aromatic N) is 2. The number of amides is 1. The molecule has 168 valence electrons. The number of carbonyl (C=O) groups excluding carboxylic acids is 1. The molecule has 1 saturated heterocycles. The smallest absolute Gasteiger partial charge is 0.261 e. The van der Waals surface area contributed by atoms with Crippen molar-refractivity contribution in [3.63, 3.8) is 0 Å². The van der Waals surface area contributed by atoms with Crippen LogP contribution < -0.4 is 9.62 Å². The molecule has 3 aromatic carbocycles. The van der Waals surface area contributed by atoms with Gasteiger partial charge < -0.3 is 4.90 Å². The summed E-state index contributed by atoms with van der Waals surface area (Å²) >= 11 is 1.62.